The van der Waals surface area contributed by atoms with Gasteiger partial charge in [0.15, 0.2) is 17.5 Å². The highest BCUT2D eigenvalue weighted by Gasteiger charge is 2.25. The minimum absolute atomic E-state index is 0.0465. The number of carbonyl (C=O) groups is 2. The fraction of sp³-hybridized carbons (Fsp3) is 0.208. The molecule has 10 nitrogen and oxygen atoms in total. The number of carbonyl (C=O) groups excluding carboxylic acids is 2. The summed E-state index contributed by atoms with van der Waals surface area (Å²) in [5.74, 6) is -1.89. The van der Waals surface area contributed by atoms with Crippen LogP contribution in [0.4, 0.5) is 5.82 Å². The van der Waals surface area contributed by atoms with Crippen LogP contribution in [0.3, 0.4) is 0 Å². The molecule has 0 saturated heterocycles. The molecule has 0 aliphatic rings. The minimum atomic E-state index is -0.822. The fourth-order valence-corrected chi connectivity index (χ4v) is 4.29. The number of anilines is 1. The molecule has 1 aromatic carbocycles. The Hall–Kier alpha value is -4.12. The molecule has 0 radical (unpaired) electrons. The number of imidazole rings is 1. The van der Waals surface area contributed by atoms with Crippen molar-refractivity contribution < 1.29 is 14.3 Å². The van der Waals surface area contributed by atoms with E-state index in [1.165, 1.54) is 16.3 Å². The quantitative estimate of drug-likeness (QED) is 0.224. The van der Waals surface area contributed by atoms with Gasteiger partial charge in [0, 0.05) is 12.7 Å². The number of nitrogen functional groups attached to an aromatic ring is 1. The van der Waals surface area contributed by atoms with Crippen LogP contribution in [0.5, 0.6) is 0 Å². The van der Waals surface area contributed by atoms with Crippen LogP contribution in [0.15, 0.2) is 69.5 Å². The smallest absolute Gasteiger partial charge is 0.359 e. The number of ether oxygens (including phenoxy) is 1. The van der Waals surface area contributed by atoms with Gasteiger partial charge in [-0.1, -0.05) is 48.2 Å². The number of nitrogens with two attached hydrogens (primary N) is 1. The van der Waals surface area contributed by atoms with Gasteiger partial charge in [0.1, 0.15) is 11.4 Å². The molecule has 180 valence electrons. The van der Waals surface area contributed by atoms with Gasteiger partial charge in [0.25, 0.3) is 5.56 Å². The SMILES string of the molecule is CCn1c(=O)c(C(=O)COC(=O)c2nc(SC)n3ccccc23)c(N)n(Cc2ccccc2)c1=O. The molecule has 2 N–H and O–H groups in total. The highest BCUT2D eigenvalue weighted by molar-refractivity contribution is 7.98. The summed E-state index contributed by atoms with van der Waals surface area (Å²) in [5, 5.41) is 0.585. The van der Waals surface area contributed by atoms with E-state index in [1.807, 2.05) is 12.3 Å². The highest BCUT2D eigenvalue weighted by atomic mass is 32.2. The highest BCUT2D eigenvalue weighted by Crippen LogP contribution is 2.20. The van der Waals surface area contributed by atoms with Crippen molar-refractivity contribution in [2.45, 2.75) is 25.2 Å². The Morgan fingerprint density at radius 3 is 2.46 bits per heavy atom. The number of benzene rings is 1. The van der Waals surface area contributed by atoms with Gasteiger partial charge < -0.3 is 10.5 Å². The van der Waals surface area contributed by atoms with Gasteiger partial charge in [0.05, 0.1) is 12.1 Å². The van der Waals surface area contributed by atoms with E-state index >= 15 is 0 Å². The van der Waals surface area contributed by atoms with Crippen LogP contribution in [-0.4, -0.2) is 43.1 Å². The number of hydrogen-bond donors (Lipinski definition) is 1. The number of ketones is 1. The Bertz CT molecular complexity index is 1540. The molecule has 3 heterocycles. The molecule has 0 atom stereocenters. The molecule has 0 saturated carbocycles. The molecule has 35 heavy (non-hydrogen) atoms. The number of Topliss-reactive ketones (excluding diaryl/α,β-unsaturated/α-hetero) is 1. The number of pyridine rings is 1. The van der Waals surface area contributed by atoms with E-state index in [0.717, 1.165) is 10.1 Å². The summed E-state index contributed by atoms with van der Waals surface area (Å²) >= 11 is 1.35. The molecule has 11 heteroatoms. The topological polar surface area (TPSA) is 131 Å². The van der Waals surface area contributed by atoms with Gasteiger partial charge in [0.2, 0.25) is 5.78 Å². The van der Waals surface area contributed by atoms with E-state index in [1.54, 1.807) is 60.0 Å². The van der Waals surface area contributed by atoms with Gasteiger partial charge >= 0.3 is 11.7 Å². The third-order valence-corrected chi connectivity index (χ3v) is 6.13. The number of esters is 1. The Balaban J connectivity index is 1.65. The average Bonchev–Trinajstić information content (AvgIpc) is 3.25. The van der Waals surface area contributed by atoms with Crippen LogP contribution in [0, 0.1) is 0 Å². The van der Waals surface area contributed by atoms with E-state index in [-0.39, 0.29) is 24.6 Å². The maximum Gasteiger partial charge on any atom is 0.359 e. The first-order valence-corrected chi connectivity index (χ1v) is 12.0. The largest absolute Gasteiger partial charge is 0.452 e. The van der Waals surface area contributed by atoms with E-state index < -0.39 is 35.2 Å². The molecule has 0 aliphatic heterocycles. The lowest BCUT2D eigenvalue weighted by Crippen LogP contribution is -2.44. The zero-order valence-electron chi connectivity index (χ0n) is 19.1. The molecule has 3 aromatic heterocycles. The fourth-order valence-electron chi connectivity index (χ4n) is 3.75. The first-order valence-electron chi connectivity index (χ1n) is 10.8. The number of aromatic nitrogens is 4. The van der Waals surface area contributed by atoms with Crippen molar-refractivity contribution in [3.8, 4) is 0 Å². The summed E-state index contributed by atoms with van der Waals surface area (Å²) in [7, 11) is 0. The molecule has 0 fully saturated rings. The van der Waals surface area contributed by atoms with E-state index in [2.05, 4.69) is 4.98 Å². The van der Waals surface area contributed by atoms with E-state index in [0.29, 0.717) is 10.7 Å². The zero-order chi connectivity index (χ0) is 25.1. The summed E-state index contributed by atoms with van der Waals surface area (Å²) < 4.78 is 9.06. The van der Waals surface area contributed by atoms with Crippen LogP contribution < -0.4 is 17.0 Å². The number of hydrogen-bond acceptors (Lipinski definition) is 8. The molecule has 4 aromatic rings. The molecular weight excluding hydrogens is 470 g/mol. The van der Waals surface area contributed by atoms with Crippen molar-refractivity contribution in [1.29, 1.82) is 0 Å². The summed E-state index contributed by atoms with van der Waals surface area (Å²) in [6.07, 6.45) is 3.59. The number of fused-ring (bicyclic) bond motifs is 1. The second kappa shape index (κ2) is 10.0. The van der Waals surface area contributed by atoms with E-state index in [9.17, 15) is 19.2 Å². The number of nitrogens with zero attached hydrogens (tertiary/aromatic N) is 4. The van der Waals surface area contributed by atoms with Crippen molar-refractivity contribution in [1.82, 2.24) is 18.5 Å². The van der Waals surface area contributed by atoms with Crippen LogP contribution in [0.1, 0.15) is 33.3 Å². The third-order valence-electron chi connectivity index (χ3n) is 5.47. The molecule has 4 rings (SSSR count). The Kier molecular flexibility index (Phi) is 6.87. The summed E-state index contributed by atoms with van der Waals surface area (Å²) in [4.78, 5) is 55.8. The lowest BCUT2D eigenvalue weighted by Gasteiger charge is -2.15. The van der Waals surface area contributed by atoms with Crippen molar-refractivity contribution >= 4 is 34.8 Å². The summed E-state index contributed by atoms with van der Waals surface area (Å²) in [5.41, 5.74) is 5.65. The molecular formula is C24H23N5O5S. The lowest BCUT2D eigenvalue weighted by atomic mass is 10.2. The van der Waals surface area contributed by atoms with Crippen LogP contribution in [0.2, 0.25) is 0 Å². The predicted octanol–water partition coefficient (Wildman–Crippen LogP) is 2.07. The maximum atomic E-state index is 13.0. The zero-order valence-corrected chi connectivity index (χ0v) is 19.9. The van der Waals surface area contributed by atoms with Crippen molar-refractivity contribution in [3.63, 3.8) is 0 Å². The van der Waals surface area contributed by atoms with Crippen LogP contribution >= 0.6 is 11.8 Å². The van der Waals surface area contributed by atoms with Gasteiger partial charge in [-0.05, 0) is 30.9 Å². The van der Waals surface area contributed by atoms with Gasteiger partial charge in [-0.15, -0.1) is 0 Å². The number of rotatable bonds is 8. The maximum absolute atomic E-state index is 13.0. The molecule has 0 aliphatic carbocycles. The first kappa shape index (κ1) is 24.0. The Morgan fingerprint density at radius 2 is 1.77 bits per heavy atom. The Morgan fingerprint density at radius 1 is 1.06 bits per heavy atom. The van der Waals surface area contributed by atoms with E-state index in [4.69, 9.17) is 10.5 Å². The Labute approximate surface area is 204 Å². The number of thioether (sulfide) groups is 1. The summed E-state index contributed by atoms with van der Waals surface area (Å²) in [6.45, 7) is 1.01. The van der Waals surface area contributed by atoms with Crippen LogP contribution in [-0.2, 0) is 17.8 Å². The monoisotopic (exact) mass is 493 g/mol. The van der Waals surface area contributed by atoms with Crippen LogP contribution in [0.25, 0.3) is 5.52 Å². The minimum Gasteiger partial charge on any atom is -0.452 e. The molecule has 0 bridgehead atoms. The summed E-state index contributed by atoms with van der Waals surface area (Å²) in [6, 6.07) is 14.3. The average molecular weight is 494 g/mol. The van der Waals surface area contributed by atoms with Gasteiger partial charge in [-0.25, -0.2) is 14.6 Å². The third kappa shape index (κ3) is 4.50. The first-order chi connectivity index (χ1) is 16.9. The molecule has 0 amide bonds. The second-order valence-corrected chi connectivity index (χ2v) is 8.34. The molecule has 0 unspecified atom stereocenters. The molecule has 0 spiro atoms. The second-order valence-electron chi connectivity index (χ2n) is 7.57. The van der Waals surface area contributed by atoms with Gasteiger partial charge in [-0.3, -0.25) is 23.1 Å². The predicted molar refractivity (Wildman–Crippen MR) is 132 cm³/mol. The normalized spacial score (nSPS) is 11.0. The van der Waals surface area contributed by atoms with Crippen molar-refractivity contribution in [2.24, 2.45) is 0 Å². The van der Waals surface area contributed by atoms with Crippen molar-refractivity contribution in [3.05, 3.63) is 92.4 Å². The standard InChI is InChI=1S/C24H23N5O5S/c1-3-27-21(31)18(20(25)29(24(27)33)13-15-9-5-4-6-10-15)17(30)14-34-22(32)19-16-11-7-8-12-28(16)23(26-19)35-2/h4-12H,3,13-14,25H2,1-2H3. The van der Waals surface area contributed by atoms with Gasteiger partial charge in [-0.2, -0.15) is 0 Å². The lowest BCUT2D eigenvalue weighted by molar-refractivity contribution is 0.0470. The van der Waals surface area contributed by atoms with Crippen molar-refractivity contribution in [2.75, 3.05) is 18.6 Å².